The Balaban J connectivity index is 1.77. The molecule has 0 aliphatic carbocycles. The van der Waals surface area contributed by atoms with E-state index in [-0.39, 0.29) is 23.7 Å². The Morgan fingerprint density at radius 3 is 2.56 bits per heavy atom. The number of nitrogens with one attached hydrogen (secondary N) is 1. The summed E-state index contributed by atoms with van der Waals surface area (Å²) in [6.45, 7) is 1.89. The van der Waals surface area contributed by atoms with Gasteiger partial charge in [-0.15, -0.1) is 0 Å². The Kier molecular flexibility index (Phi) is 4.98. The Hall–Kier alpha value is -3.16. The molecular weight excluding hydrogens is 362 g/mol. The summed E-state index contributed by atoms with van der Waals surface area (Å²) in [6.07, 6.45) is -4.53. The second-order valence-electron chi connectivity index (χ2n) is 5.95. The van der Waals surface area contributed by atoms with Crippen molar-refractivity contribution >= 4 is 11.7 Å². The standard InChI is InChI=1S/C19H15F4N3O/c1-12-9-17(25-26(12)11-14-5-2-3-8-16(14)20)24-18(27)13-6-4-7-15(10-13)19(21,22)23/h2-10H,11H2,1H3,(H,24,25,27). The van der Waals surface area contributed by atoms with E-state index in [1.165, 1.54) is 22.9 Å². The smallest absolute Gasteiger partial charge is 0.305 e. The highest BCUT2D eigenvalue weighted by atomic mass is 19.4. The van der Waals surface area contributed by atoms with Crippen LogP contribution >= 0.6 is 0 Å². The molecule has 3 aromatic rings. The largest absolute Gasteiger partial charge is 0.416 e. The monoisotopic (exact) mass is 377 g/mol. The fraction of sp³-hybridized carbons (Fsp3) is 0.158. The fourth-order valence-corrected chi connectivity index (χ4v) is 2.54. The highest BCUT2D eigenvalue weighted by Crippen LogP contribution is 2.29. The van der Waals surface area contributed by atoms with Gasteiger partial charge in [-0.3, -0.25) is 9.48 Å². The molecule has 0 radical (unpaired) electrons. The van der Waals surface area contributed by atoms with Crippen LogP contribution in [-0.4, -0.2) is 15.7 Å². The van der Waals surface area contributed by atoms with Crippen LogP contribution in [0.2, 0.25) is 0 Å². The van der Waals surface area contributed by atoms with Crippen molar-refractivity contribution in [1.29, 1.82) is 0 Å². The van der Waals surface area contributed by atoms with Crippen molar-refractivity contribution in [3.05, 3.63) is 82.8 Å². The number of aromatic nitrogens is 2. The Morgan fingerprint density at radius 1 is 1.11 bits per heavy atom. The van der Waals surface area contributed by atoms with Gasteiger partial charge in [-0.05, 0) is 31.2 Å². The van der Waals surface area contributed by atoms with E-state index >= 15 is 0 Å². The van der Waals surface area contributed by atoms with Gasteiger partial charge in [-0.2, -0.15) is 18.3 Å². The molecule has 0 saturated heterocycles. The molecule has 1 heterocycles. The van der Waals surface area contributed by atoms with Crippen LogP contribution in [-0.2, 0) is 12.7 Å². The van der Waals surface area contributed by atoms with E-state index in [9.17, 15) is 22.4 Å². The van der Waals surface area contributed by atoms with Crippen molar-refractivity contribution in [2.45, 2.75) is 19.6 Å². The number of aryl methyl sites for hydroxylation is 1. The lowest BCUT2D eigenvalue weighted by atomic mass is 10.1. The summed E-state index contributed by atoms with van der Waals surface area (Å²) in [5.74, 6) is -0.912. The molecule has 1 amide bonds. The van der Waals surface area contributed by atoms with Crippen LogP contribution in [0.15, 0.2) is 54.6 Å². The third-order valence-corrected chi connectivity index (χ3v) is 3.95. The second kappa shape index (κ2) is 7.22. The summed E-state index contributed by atoms with van der Waals surface area (Å²) in [4.78, 5) is 12.2. The van der Waals surface area contributed by atoms with E-state index in [4.69, 9.17) is 0 Å². The molecule has 0 spiro atoms. The molecule has 4 nitrogen and oxygen atoms in total. The van der Waals surface area contributed by atoms with Gasteiger partial charge in [0.05, 0.1) is 12.1 Å². The third kappa shape index (κ3) is 4.33. The van der Waals surface area contributed by atoms with E-state index in [1.807, 2.05) is 0 Å². The summed E-state index contributed by atoms with van der Waals surface area (Å²) in [5.41, 5.74) is 0.0552. The predicted molar refractivity (Wildman–Crippen MR) is 91.9 cm³/mol. The Labute approximate surface area is 152 Å². The Morgan fingerprint density at radius 2 is 1.85 bits per heavy atom. The SMILES string of the molecule is Cc1cc(NC(=O)c2cccc(C(F)(F)F)c2)nn1Cc1ccccc1F. The maximum Gasteiger partial charge on any atom is 0.416 e. The molecule has 1 N–H and O–H groups in total. The van der Waals surface area contributed by atoms with E-state index in [1.54, 1.807) is 31.2 Å². The lowest BCUT2D eigenvalue weighted by molar-refractivity contribution is -0.137. The number of carbonyl (C=O) groups excluding carboxylic acids is 1. The molecule has 3 rings (SSSR count). The minimum Gasteiger partial charge on any atom is -0.305 e. The first kappa shape index (κ1) is 18.6. The lowest BCUT2D eigenvalue weighted by Crippen LogP contribution is -2.14. The first-order chi connectivity index (χ1) is 12.7. The average molecular weight is 377 g/mol. The zero-order valence-electron chi connectivity index (χ0n) is 14.2. The normalized spacial score (nSPS) is 11.4. The van der Waals surface area contributed by atoms with Gasteiger partial charge in [0, 0.05) is 22.9 Å². The molecule has 0 saturated carbocycles. The van der Waals surface area contributed by atoms with Gasteiger partial charge < -0.3 is 5.32 Å². The highest BCUT2D eigenvalue weighted by molar-refractivity contribution is 6.03. The van der Waals surface area contributed by atoms with E-state index in [0.717, 1.165) is 12.1 Å². The molecule has 2 aromatic carbocycles. The predicted octanol–water partition coefficient (Wildman–Crippen LogP) is 4.65. The van der Waals surface area contributed by atoms with Gasteiger partial charge in [0.2, 0.25) is 0 Å². The van der Waals surface area contributed by atoms with Gasteiger partial charge in [0.1, 0.15) is 5.82 Å². The number of hydrogen-bond donors (Lipinski definition) is 1. The molecule has 0 fully saturated rings. The number of nitrogens with zero attached hydrogens (tertiary/aromatic N) is 2. The second-order valence-corrected chi connectivity index (χ2v) is 5.95. The minimum atomic E-state index is -4.53. The van der Waals surface area contributed by atoms with Crippen LogP contribution in [0.1, 0.15) is 27.2 Å². The van der Waals surface area contributed by atoms with Crippen LogP contribution < -0.4 is 5.32 Å². The molecular formula is C19H15F4N3O. The van der Waals surface area contributed by atoms with Gasteiger partial charge in [-0.1, -0.05) is 24.3 Å². The number of amides is 1. The summed E-state index contributed by atoms with van der Waals surface area (Å²) in [5, 5.41) is 6.65. The van der Waals surface area contributed by atoms with E-state index < -0.39 is 17.6 Å². The van der Waals surface area contributed by atoms with E-state index in [2.05, 4.69) is 10.4 Å². The topological polar surface area (TPSA) is 46.9 Å². The van der Waals surface area contributed by atoms with Crippen LogP contribution in [0.25, 0.3) is 0 Å². The maximum absolute atomic E-state index is 13.8. The number of benzene rings is 2. The van der Waals surface area contributed by atoms with Crippen molar-refractivity contribution in [2.24, 2.45) is 0 Å². The molecule has 0 bridgehead atoms. The molecule has 8 heteroatoms. The van der Waals surface area contributed by atoms with Crippen molar-refractivity contribution in [3.63, 3.8) is 0 Å². The van der Waals surface area contributed by atoms with Crippen LogP contribution in [0, 0.1) is 12.7 Å². The van der Waals surface area contributed by atoms with Gasteiger partial charge in [-0.25, -0.2) is 4.39 Å². The van der Waals surface area contributed by atoms with Crippen molar-refractivity contribution < 1.29 is 22.4 Å². The van der Waals surface area contributed by atoms with Crippen LogP contribution in [0.3, 0.4) is 0 Å². The minimum absolute atomic E-state index is 0.133. The number of alkyl halides is 3. The number of hydrogen-bond acceptors (Lipinski definition) is 2. The quantitative estimate of drug-likeness (QED) is 0.673. The molecule has 140 valence electrons. The van der Waals surface area contributed by atoms with Gasteiger partial charge in [0.25, 0.3) is 5.91 Å². The number of rotatable bonds is 4. The first-order valence-electron chi connectivity index (χ1n) is 8.00. The number of carbonyl (C=O) groups is 1. The van der Waals surface area contributed by atoms with Gasteiger partial charge in [0.15, 0.2) is 5.82 Å². The van der Waals surface area contributed by atoms with Gasteiger partial charge >= 0.3 is 6.18 Å². The lowest BCUT2D eigenvalue weighted by Gasteiger charge is -2.08. The highest BCUT2D eigenvalue weighted by Gasteiger charge is 2.30. The summed E-state index contributed by atoms with van der Waals surface area (Å²) in [6, 6.07) is 11.9. The van der Waals surface area contributed by atoms with Crippen molar-refractivity contribution in [1.82, 2.24) is 9.78 Å². The first-order valence-corrected chi connectivity index (χ1v) is 8.00. The summed E-state index contributed by atoms with van der Waals surface area (Å²) >= 11 is 0. The molecule has 0 aliphatic rings. The molecule has 0 aliphatic heterocycles. The molecule has 27 heavy (non-hydrogen) atoms. The molecule has 0 atom stereocenters. The molecule has 0 unspecified atom stereocenters. The van der Waals surface area contributed by atoms with Crippen molar-refractivity contribution in [3.8, 4) is 0 Å². The zero-order valence-corrected chi connectivity index (χ0v) is 14.2. The average Bonchev–Trinajstić information content (AvgIpc) is 2.95. The summed E-state index contributed by atoms with van der Waals surface area (Å²) < 4.78 is 53.6. The third-order valence-electron chi connectivity index (χ3n) is 3.95. The fourth-order valence-electron chi connectivity index (χ4n) is 2.54. The zero-order chi connectivity index (χ0) is 19.6. The maximum atomic E-state index is 13.8. The van der Waals surface area contributed by atoms with Crippen LogP contribution in [0.5, 0.6) is 0 Å². The Bertz CT molecular complexity index is 979. The summed E-state index contributed by atoms with van der Waals surface area (Å²) in [7, 11) is 0. The van der Waals surface area contributed by atoms with Crippen LogP contribution in [0.4, 0.5) is 23.4 Å². The number of anilines is 1. The van der Waals surface area contributed by atoms with E-state index in [0.29, 0.717) is 11.3 Å². The molecule has 1 aromatic heterocycles. The number of halogens is 4. The van der Waals surface area contributed by atoms with Crippen molar-refractivity contribution in [2.75, 3.05) is 5.32 Å².